The Labute approximate surface area is 186 Å². The molecule has 0 aromatic carbocycles. The van der Waals surface area contributed by atoms with Crippen molar-refractivity contribution in [1.82, 2.24) is 9.55 Å². The number of anilines is 1. The zero-order valence-corrected chi connectivity index (χ0v) is 19.2. The fourth-order valence-corrected chi connectivity index (χ4v) is 6.74. The number of carbonyl (C=O) groups excluding carboxylic acids is 1. The van der Waals surface area contributed by atoms with Gasteiger partial charge in [-0.3, -0.25) is 14.2 Å². The Balaban J connectivity index is 1.59. The smallest absolute Gasteiger partial charge is 0.263 e. The van der Waals surface area contributed by atoms with Crippen molar-refractivity contribution in [3.05, 3.63) is 49.5 Å². The number of aromatic nitrogens is 2. The van der Waals surface area contributed by atoms with E-state index in [1.165, 1.54) is 28.0 Å². The number of aryl methyl sites for hydroxylation is 3. The second-order valence-electron chi connectivity index (χ2n) is 7.07. The fourth-order valence-electron chi connectivity index (χ4n) is 3.60. The number of thiophene rings is 2. The van der Waals surface area contributed by atoms with Crippen LogP contribution in [0.3, 0.4) is 0 Å². The lowest BCUT2D eigenvalue weighted by Gasteiger charge is -2.10. The van der Waals surface area contributed by atoms with Crippen molar-refractivity contribution in [2.45, 2.75) is 44.8 Å². The first-order valence-electron chi connectivity index (χ1n) is 9.53. The Kier molecular flexibility index (Phi) is 5.82. The van der Waals surface area contributed by atoms with Crippen molar-refractivity contribution < 1.29 is 4.79 Å². The minimum Gasteiger partial charge on any atom is -0.316 e. The minimum atomic E-state index is -0.231. The number of carbonyl (C=O) groups is 1. The van der Waals surface area contributed by atoms with Crippen LogP contribution < -0.4 is 10.9 Å². The fraction of sp³-hybridized carbons (Fsp3) is 0.333. The normalized spacial score (nSPS) is 12.7. The van der Waals surface area contributed by atoms with Gasteiger partial charge in [0.25, 0.3) is 5.56 Å². The van der Waals surface area contributed by atoms with Crippen molar-refractivity contribution in [1.29, 1.82) is 5.26 Å². The average Bonchev–Trinajstić information content (AvgIpc) is 3.36. The summed E-state index contributed by atoms with van der Waals surface area (Å²) in [4.78, 5) is 33.4. The van der Waals surface area contributed by atoms with Crippen LogP contribution in [-0.4, -0.2) is 21.2 Å². The molecule has 1 amide bonds. The molecule has 0 unspecified atom stereocenters. The number of thioether (sulfide) groups is 1. The van der Waals surface area contributed by atoms with Gasteiger partial charge >= 0.3 is 0 Å². The molecule has 0 aliphatic heterocycles. The van der Waals surface area contributed by atoms with Gasteiger partial charge in [0.1, 0.15) is 15.9 Å². The molecule has 4 rings (SSSR count). The number of fused-ring (bicyclic) bond motifs is 3. The SMILES string of the molecule is C=CCn1c(SCC(=O)Nc2sc(C)c(C)c2C#N)nc2sc3c(c2c1=O)CCC3. The number of rotatable bonds is 6. The first-order valence-corrected chi connectivity index (χ1v) is 12.1. The maximum atomic E-state index is 13.2. The Bertz CT molecular complexity index is 1280. The van der Waals surface area contributed by atoms with E-state index in [9.17, 15) is 14.9 Å². The summed E-state index contributed by atoms with van der Waals surface area (Å²) in [6.45, 7) is 7.90. The molecule has 9 heteroatoms. The van der Waals surface area contributed by atoms with E-state index in [-0.39, 0.29) is 17.2 Å². The van der Waals surface area contributed by atoms with E-state index < -0.39 is 0 Å². The van der Waals surface area contributed by atoms with Gasteiger partial charge in [-0.25, -0.2) is 4.98 Å². The number of amides is 1. The zero-order valence-electron chi connectivity index (χ0n) is 16.7. The standard InChI is InChI=1S/C21H20N4O2S3/c1-4-8-25-20(27)17-13-6-5-7-15(13)30-19(17)24-21(25)28-10-16(26)23-18-14(9-22)11(2)12(3)29-18/h4H,1,5-8,10H2,2-3H3,(H,23,26). The van der Waals surface area contributed by atoms with Crippen LogP contribution in [0.1, 0.15) is 32.9 Å². The number of allylic oxidation sites excluding steroid dienone is 1. The summed E-state index contributed by atoms with van der Waals surface area (Å²) in [5, 5.41) is 14.0. The molecule has 0 atom stereocenters. The number of hydrogen-bond acceptors (Lipinski definition) is 7. The molecular weight excluding hydrogens is 436 g/mol. The lowest BCUT2D eigenvalue weighted by atomic mass is 10.2. The number of nitrogens with zero attached hydrogens (tertiary/aromatic N) is 3. The van der Waals surface area contributed by atoms with E-state index in [0.717, 1.165) is 45.5 Å². The maximum absolute atomic E-state index is 13.2. The third-order valence-corrected chi connectivity index (χ3v) is 8.47. The molecule has 0 bridgehead atoms. The van der Waals surface area contributed by atoms with Gasteiger partial charge in [0, 0.05) is 16.3 Å². The van der Waals surface area contributed by atoms with Crippen LogP contribution in [0.2, 0.25) is 0 Å². The molecule has 154 valence electrons. The molecule has 3 aromatic rings. The highest BCUT2D eigenvalue weighted by Crippen LogP contribution is 2.36. The predicted octanol–water partition coefficient (Wildman–Crippen LogP) is 4.41. The van der Waals surface area contributed by atoms with E-state index in [1.807, 2.05) is 13.8 Å². The van der Waals surface area contributed by atoms with Crippen molar-refractivity contribution >= 4 is 55.6 Å². The highest BCUT2D eigenvalue weighted by atomic mass is 32.2. The summed E-state index contributed by atoms with van der Waals surface area (Å²) in [5.74, 6) is -0.132. The third kappa shape index (κ3) is 3.60. The molecule has 0 spiro atoms. The highest BCUT2D eigenvalue weighted by molar-refractivity contribution is 7.99. The lowest BCUT2D eigenvalue weighted by molar-refractivity contribution is -0.113. The Morgan fingerprint density at radius 3 is 2.93 bits per heavy atom. The second kappa shape index (κ2) is 8.38. The van der Waals surface area contributed by atoms with Crippen molar-refractivity contribution in [2.24, 2.45) is 0 Å². The second-order valence-corrected chi connectivity index (χ2v) is 10.3. The number of nitrogens with one attached hydrogen (secondary N) is 1. The van der Waals surface area contributed by atoms with Gasteiger partial charge in [0.15, 0.2) is 5.16 Å². The maximum Gasteiger partial charge on any atom is 0.263 e. The van der Waals surface area contributed by atoms with Crippen LogP contribution in [0, 0.1) is 25.2 Å². The van der Waals surface area contributed by atoms with Crippen LogP contribution in [0.5, 0.6) is 0 Å². The van der Waals surface area contributed by atoms with Crippen LogP contribution in [-0.2, 0) is 24.2 Å². The monoisotopic (exact) mass is 456 g/mol. The van der Waals surface area contributed by atoms with Gasteiger partial charge in [-0.05, 0) is 44.2 Å². The van der Waals surface area contributed by atoms with Crippen LogP contribution in [0.15, 0.2) is 22.6 Å². The summed E-state index contributed by atoms with van der Waals surface area (Å²) < 4.78 is 1.60. The number of nitriles is 1. The largest absolute Gasteiger partial charge is 0.316 e. The van der Waals surface area contributed by atoms with Crippen molar-refractivity contribution in [3.63, 3.8) is 0 Å². The van der Waals surface area contributed by atoms with Crippen molar-refractivity contribution in [2.75, 3.05) is 11.1 Å². The van der Waals surface area contributed by atoms with Crippen LogP contribution in [0.25, 0.3) is 10.2 Å². The highest BCUT2D eigenvalue weighted by Gasteiger charge is 2.23. The quantitative estimate of drug-likeness (QED) is 0.337. The molecule has 1 aliphatic rings. The third-order valence-electron chi connectivity index (χ3n) is 5.18. The summed E-state index contributed by atoms with van der Waals surface area (Å²) >= 11 is 4.22. The molecule has 0 radical (unpaired) electrons. The van der Waals surface area contributed by atoms with Crippen molar-refractivity contribution in [3.8, 4) is 6.07 Å². The molecule has 0 fully saturated rings. The predicted molar refractivity (Wildman–Crippen MR) is 124 cm³/mol. The molecule has 30 heavy (non-hydrogen) atoms. The molecule has 0 saturated carbocycles. The van der Waals surface area contributed by atoms with Crippen LogP contribution >= 0.6 is 34.4 Å². The van der Waals surface area contributed by atoms with E-state index >= 15 is 0 Å². The summed E-state index contributed by atoms with van der Waals surface area (Å²) in [5.41, 5.74) is 2.49. The molecule has 1 N–H and O–H groups in total. The lowest BCUT2D eigenvalue weighted by Crippen LogP contribution is -2.23. The van der Waals surface area contributed by atoms with Gasteiger partial charge in [-0.2, -0.15) is 5.26 Å². The van der Waals surface area contributed by atoms with Gasteiger partial charge in [0.2, 0.25) is 5.91 Å². The number of hydrogen-bond donors (Lipinski definition) is 1. The average molecular weight is 457 g/mol. The zero-order chi connectivity index (χ0) is 21.4. The topological polar surface area (TPSA) is 87.8 Å². The first-order chi connectivity index (χ1) is 14.4. The van der Waals surface area contributed by atoms with E-state index in [2.05, 4.69) is 18.0 Å². The van der Waals surface area contributed by atoms with Gasteiger partial charge < -0.3 is 5.32 Å². The summed E-state index contributed by atoms with van der Waals surface area (Å²) in [7, 11) is 0. The van der Waals surface area contributed by atoms with E-state index in [0.29, 0.717) is 22.3 Å². The van der Waals surface area contributed by atoms with Crippen LogP contribution in [0.4, 0.5) is 5.00 Å². The Morgan fingerprint density at radius 2 is 2.20 bits per heavy atom. The Morgan fingerprint density at radius 1 is 1.40 bits per heavy atom. The summed E-state index contributed by atoms with van der Waals surface area (Å²) in [6.07, 6.45) is 4.68. The van der Waals surface area contributed by atoms with E-state index in [4.69, 9.17) is 4.98 Å². The Hall–Kier alpha value is -2.41. The molecule has 0 saturated heterocycles. The van der Waals surface area contributed by atoms with E-state index in [1.54, 1.807) is 22.0 Å². The van der Waals surface area contributed by atoms with Gasteiger partial charge in [-0.15, -0.1) is 29.3 Å². The van der Waals surface area contributed by atoms with Gasteiger partial charge in [0.05, 0.1) is 16.7 Å². The minimum absolute atomic E-state index is 0.0570. The molecular formula is C21H20N4O2S3. The molecule has 3 heterocycles. The summed E-state index contributed by atoms with van der Waals surface area (Å²) in [6, 6.07) is 2.16. The molecule has 3 aromatic heterocycles. The molecule has 6 nitrogen and oxygen atoms in total. The molecule has 1 aliphatic carbocycles. The van der Waals surface area contributed by atoms with Gasteiger partial charge in [-0.1, -0.05) is 17.8 Å². The first kappa shape index (κ1) is 20.8.